The number of halogens is 7. The molecule has 2 saturated heterocycles. The first kappa shape index (κ1) is 85.3. The molecule has 17 heterocycles. The van der Waals surface area contributed by atoms with Gasteiger partial charge in [0.25, 0.3) is 5.91 Å². The van der Waals surface area contributed by atoms with E-state index < -0.39 is 19.0 Å². The number of aromatic nitrogens is 15. The SMILES string of the molecule is C1CCOC1.CC(=O)c1cn2cc(-c3cccnc3-c3ccc(F)c(C)n3)ccc2n1.CC(=O)c1cn2cc(-c3cccnc3Cl)ccc2n1.CC1(C)OB(c2cccnc2Cl)OC1(C)C.CCOC(=O)c1cn2cc(Br)ccc2n1.Cc1nc(-c2ncccc2-c2ccc3nc(C(N)=O)cn3c2)ccc1F.Cc1nc(Br)ccc1F. The second kappa shape index (κ2) is 38.2. The average molecular weight is 1740 g/mol. The second-order valence-electron chi connectivity index (χ2n) is 27.0. The lowest BCUT2D eigenvalue weighted by Crippen LogP contribution is -2.41. The number of amides is 1. The number of carbonyl (C=O) groups is 4. The van der Waals surface area contributed by atoms with Gasteiger partial charge in [0.05, 0.1) is 57.7 Å². The average Bonchev–Trinajstić information content (AvgIpc) is 1.61. The van der Waals surface area contributed by atoms with E-state index in [0.717, 1.165) is 67.8 Å². The maximum Gasteiger partial charge on any atom is 0.498 e. The molecule has 0 bridgehead atoms. The number of pyridine rings is 11. The van der Waals surface area contributed by atoms with Crippen LogP contribution in [-0.2, 0) is 18.8 Å². The van der Waals surface area contributed by atoms with Crippen LogP contribution in [0.4, 0.5) is 13.2 Å². The van der Waals surface area contributed by atoms with Crippen LogP contribution in [0.1, 0.15) is 120 Å². The monoisotopic (exact) mass is 1730 g/mol. The molecule has 0 spiro atoms. The number of nitrogens with two attached hydrogens (primary N) is 1. The van der Waals surface area contributed by atoms with E-state index in [0.29, 0.717) is 89.7 Å². The fraction of sp³-hybridized carbons (Fsp3) is 0.202. The molecule has 2 fully saturated rings. The molecule has 0 aliphatic carbocycles. The molecule has 2 N–H and O–H groups in total. The number of hydrogen-bond acceptors (Lipinski definition) is 19. The first-order chi connectivity index (χ1) is 55.4. The van der Waals surface area contributed by atoms with Crippen molar-refractivity contribution in [3.05, 3.63) is 285 Å². The number of ketones is 2. The molecule has 1 amide bonds. The Morgan fingerprint density at radius 1 is 0.483 bits per heavy atom. The fourth-order valence-electron chi connectivity index (χ4n) is 11.4. The topological polar surface area (TPSA) is 291 Å². The van der Waals surface area contributed by atoms with E-state index in [1.54, 1.807) is 110 Å². The molecule has 2 aliphatic rings. The Morgan fingerprint density at radius 3 is 1.30 bits per heavy atom. The zero-order valence-electron chi connectivity index (χ0n) is 64.4. The van der Waals surface area contributed by atoms with Gasteiger partial charge in [-0.1, -0.05) is 41.4 Å². The van der Waals surface area contributed by atoms with Gasteiger partial charge >= 0.3 is 13.1 Å². The third-order valence-electron chi connectivity index (χ3n) is 18.2. The van der Waals surface area contributed by atoms with E-state index in [4.69, 9.17) is 47.7 Å². The Bertz CT molecular complexity index is 5900. The van der Waals surface area contributed by atoms with Gasteiger partial charge in [-0.15, -0.1) is 0 Å². The zero-order chi connectivity index (χ0) is 83.1. The van der Waals surface area contributed by atoms with E-state index in [-0.39, 0.29) is 45.9 Å². The van der Waals surface area contributed by atoms with Gasteiger partial charge in [0, 0.05) is 145 Å². The number of hydrogen-bond donors (Lipinski definition) is 1. The number of primary amides is 1. The number of carbonyl (C=O) groups excluding carboxylic acids is 4. The quantitative estimate of drug-likeness (QED) is 0.0544. The Labute approximate surface area is 692 Å². The number of rotatable bonds is 11. The minimum Gasteiger partial charge on any atom is -0.461 e. The molecule has 0 atom stereocenters. The normalized spacial score (nSPS) is 13.0. The highest BCUT2D eigenvalue weighted by molar-refractivity contribution is 9.10. The molecule has 0 unspecified atom stereocenters. The van der Waals surface area contributed by atoms with Crippen molar-refractivity contribution in [1.29, 1.82) is 0 Å². The van der Waals surface area contributed by atoms with Crippen molar-refractivity contribution < 1.29 is 51.1 Å². The first-order valence-corrected chi connectivity index (χ1v) is 38.5. The van der Waals surface area contributed by atoms with Crippen LogP contribution in [0.2, 0.25) is 10.3 Å². The van der Waals surface area contributed by atoms with E-state index in [9.17, 15) is 32.3 Å². The number of Topliss-reactive ketones (excluding diaryl/α,β-unsaturated/α-hetero) is 2. The molecule has 116 heavy (non-hydrogen) atoms. The second-order valence-corrected chi connectivity index (χ2v) is 29.5. The Hall–Kier alpha value is -11.6. The molecule has 15 aromatic rings. The minimum atomic E-state index is -0.580. The molecule has 24 nitrogen and oxygen atoms in total. The van der Waals surface area contributed by atoms with Crippen molar-refractivity contribution in [2.24, 2.45) is 5.73 Å². The summed E-state index contributed by atoms with van der Waals surface area (Å²) in [7, 11) is -0.439. The predicted octanol–water partition coefficient (Wildman–Crippen LogP) is 17.8. The van der Waals surface area contributed by atoms with Crippen molar-refractivity contribution in [3.63, 3.8) is 0 Å². The number of aryl methyl sites for hydroxylation is 3. The number of fused-ring (bicyclic) bond motifs is 4. The van der Waals surface area contributed by atoms with Gasteiger partial charge in [-0.2, -0.15) is 0 Å². The predicted molar refractivity (Wildman–Crippen MR) is 445 cm³/mol. The van der Waals surface area contributed by atoms with Gasteiger partial charge in [0.1, 0.15) is 72.0 Å². The van der Waals surface area contributed by atoms with E-state index in [1.165, 1.54) is 44.9 Å². The van der Waals surface area contributed by atoms with Gasteiger partial charge in [-0.25, -0.2) is 62.8 Å². The van der Waals surface area contributed by atoms with E-state index in [2.05, 4.69) is 86.7 Å². The Kier molecular flexibility index (Phi) is 28.1. The summed E-state index contributed by atoms with van der Waals surface area (Å²) in [5.74, 6) is -2.07. The lowest BCUT2D eigenvalue weighted by molar-refractivity contribution is 0.00578. The number of imidazole rings is 4. The zero-order valence-corrected chi connectivity index (χ0v) is 69.1. The molecule has 32 heteroatoms. The summed E-state index contributed by atoms with van der Waals surface area (Å²) in [6.07, 6.45) is 23.3. The number of esters is 1. The van der Waals surface area contributed by atoms with Gasteiger partial charge in [0.2, 0.25) is 0 Å². The number of ether oxygens (including phenoxy) is 2. The summed E-state index contributed by atoms with van der Waals surface area (Å²) in [4.78, 5) is 91.8. The van der Waals surface area contributed by atoms with Gasteiger partial charge in [-0.05, 0) is 215 Å². The third-order valence-corrected chi connectivity index (χ3v) is 19.7. The summed E-state index contributed by atoms with van der Waals surface area (Å²) >= 11 is 18.6. The molecule has 0 saturated carbocycles. The summed E-state index contributed by atoms with van der Waals surface area (Å²) < 4.78 is 69.8. The van der Waals surface area contributed by atoms with Gasteiger partial charge in [0.15, 0.2) is 17.3 Å². The highest BCUT2D eigenvalue weighted by Gasteiger charge is 2.52. The Morgan fingerprint density at radius 2 is 0.879 bits per heavy atom. The molecular weight excluding hydrogens is 1660 g/mol. The lowest BCUT2D eigenvalue weighted by Gasteiger charge is -2.32. The van der Waals surface area contributed by atoms with Crippen LogP contribution in [0.25, 0.3) is 78.7 Å². The highest BCUT2D eigenvalue weighted by atomic mass is 79.9. The van der Waals surface area contributed by atoms with Crippen LogP contribution in [0.15, 0.2) is 217 Å². The molecular formula is C84H76BBr2Cl2F3N16O8. The molecule has 2 aliphatic heterocycles. The van der Waals surface area contributed by atoms with Crippen molar-refractivity contribution >= 4 is 114 Å². The lowest BCUT2D eigenvalue weighted by atomic mass is 9.80. The van der Waals surface area contributed by atoms with Crippen LogP contribution < -0.4 is 11.2 Å². The highest BCUT2D eigenvalue weighted by Crippen LogP contribution is 2.38. The maximum absolute atomic E-state index is 13.6. The van der Waals surface area contributed by atoms with Crippen molar-refractivity contribution in [2.75, 3.05) is 19.8 Å². The van der Waals surface area contributed by atoms with Gasteiger partial charge in [-0.3, -0.25) is 24.4 Å². The summed E-state index contributed by atoms with van der Waals surface area (Å²) in [6, 6.07) is 38.8. The largest absolute Gasteiger partial charge is 0.498 e. The summed E-state index contributed by atoms with van der Waals surface area (Å²) in [6.45, 7) is 20.0. The smallest absolute Gasteiger partial charge is 0.461 e. The molecule has 17 rings (SSSR count). The maximum atomic E-state index is 13.6. The van der Waals surface area contributed by atoms with Crippen LogP contribution in [0, 0.1) is 38.2 Å². The van der Waals surface area contributed by atoms with Gasteiger partial charge < -0.3 is 42.1 Å². The molecule has 0 aromatic carbocycles. The molecule has 0 radical (unpaired) electrons. The van der Waals surface area contributed by atoms with Crippen molar-refractivity contribution in [3.8, 4) is 56.2 Å². The van der Waals surface area contributed by atoms with E-state index in [1.807, 2.05) is 152 Å². The Balaban J connectivity index is 0.000000138. The van der Waals surface area contributed by atoms with Crippen LogP contribution in [0.3, 0.4) is 0 Å². The standard InChI is InChI=1S/C20H15FN4O.C19H14FN5O.C14H10ClN3O.C11H15BClNO2.C10H9BrN2O2.C6H5BrFN.C4H8O/c1-12-16(21)6-7-17(23-12)20-15(4-3-9-22-20)14-5-8-19-24-18(13(2)26)11-25(19)10-14;1-11-14(20)5-6-15(23-11)18-13(3-2-8-22-18)12-4-7-17-24-16(19(21)26)10-25(17)9-12;1-9(19)12-8-18-7-10(4-5-13(18)17-12)11-3-2-6-16-14(11)15;1-10(2)11(3,4)16-12(15-10)8-6-5-7-14-9(8)13;1-2-15-10(14)8-6-13-5-7(11)3-4-9(13)12-8;1-4-5(8)2-3-6(7)9-4;1-2-4-5-3-1/h3-11H,1-2H3;2-10H,1H3,(H2,21,26);2-8H,1H3;5-7H,1-4H3;3-6H,2H2,1H3;2-3H,1H3;1-4H2. The van der Waals surface area contributed by atoms with Crippen molar-refractivity contribution in [2.45, 2.75) is 93.3 Å². The molecule has 15 aromatic heterocycles. The van der Waals surface area contributed by atoms with E-state index >= 15 is 0 Å². The van der Waals surface area contributed by atoms with Crippen LogP contribution in [0.5, 0.6) is 0 Å². The minimum absolute atomic E-state index is 0.0512. The first-order valence-electron chi connectivity index (χ1n) is 36.1. The fourth-order valence-corrected chi connectivity index (χ4v) is 12.6. The summed E-state index contributed by atoms with van der Waals surface area (Å²) in [5, 5.41) is 0.884. The van der Waals surface area contributed by atoms with Crippen LogP contribution >= 0.6 is 55.1 Å². The summed E-state index contributed by atoms with van der Waals surface area (Å²) in [5.41, 5.74) is 18.3. The van der Waals surface area contributed by atoms with Crippen molar-refractivity contribution in [1.82, 2.24) is 72.4 Å². The number of nitrogens with zero attached hydrogens (tertiary/aromatic N) is 15. The van der Waals surface area contributed by atoms with Crippen LogP contribution in [-0.4, -0.2) is 134 Å². The molecule has 592 valence electrons. The third kappa shape index (κ3) is 21.3.